The molecule has 1 aliphatic heterocycles. The number of aromatic nitrogens is 2. The summed E-state index contributed by atoms with van der Waals surface area (Å²) in [5.74, 6) is 1.41. The van der Waals surface area contributed by atoms with Gasteiger partial charge in [0.25, 0.3) is 0 Å². The average Bonchev–Trinajstić information content (AvgIpc) is 3.17. The smallest absolute Gasteiger partial charge is 0.230 e. The SMILES string of the molecule is CCc1nn2c(-c3ccc(OC)cc3OC)coc2c1C1OC(C)O1. The molecule has 1 aliphatic rings. The van der Waals surface area contributed by atoms with E-state index in [0.29, 0.717) is 11.5 Å². The maximum atomic E-state index is 5.82. The molecule has 3 heterocycles. The molecular formula is C18H20N2O5. The highest BCUT2D eigenvalue weighted by Gasteiger charge is 2.35. The number of hydrogen-bond acceptors (Lipinski definition) is 6. The molecule has 25 heavy (non-hydrogen) atoms. The number of aryl methyl sites for hydroxylation is 1. The van der Waals surface area contributed by atoms with Crippen LogP contribution in [0.2, 0.25) is 0 Å². The first-order valence-corrected chi connectivity index (χ1v) is 8.18. The molecule has 0 radical (unpaired) electrons. The minimum atomic E-state index is -0.431. The average molecular weight is 344 g/mol. The molecule has 0 N–H and O–H groups in total. The van der Waals surface area contributed by atoms with Crippen LogP contribution in [-0.4, -0.2) is 30.1 Å². The summed E-state index contributed by atoms with van der Waals surface area (Å²) < 4.78 is 29.7. The molecule has 0 unspecified atom stereocenters. The largest absolute Gasteiger partial charge is 0.497 e. The molecule has 0 spiro atoms. The van der Waals surface area contributed by atoms with Crippen LogP contribution in [-0.2, 0) is 15.9 Å². The highest BCUT2D eigenvalue weighted by molar-refractivity contribution is 5.71. The number of fused-ring (bicyclic) bond motifs is 1. The first-order valence-electron chi connectivity index (χ1n) is 8.18. The van der Waals surface area contributed by atoms with Gasteiger partial charge in [0.2, 0.25) is 5.71 Å². The van der Waals surface area contributed by atoms with Gasteiger partial charge in [0.15, 0.2) is 12.6 Å². The maximum absolute atomic E-state index is 5.82. The quantitative estimate of drug-likeness (QED) is 0.705. The second-order valence-corrected chi connectivity index (χ2v) is 5.79. The molecule has 3 aromatic rings. The number of methoxy groups -OCH3 is 2. The lowest BCUT2D eigenvalue weighted by molar-refractivity contribution is -0.382. The van der Waals surface area contributed by atoms with Gasteiger partial charge in [-0.05, 0) is 25.5 Å². The number of nitrogens with zero attached hydrogens (tertiary/aromatic N) is 2. The van der Waals surface area contributed by atoms with Crippen molar-refractivity contribution in [2.24, 2.45) is 0 Å². The van der Waals surface area contributed by atoms with Gasteiger partial charge in [-0.1, -0.05) is 6.92 Å². The fourth-order valence-electron chi connectivity index (χ4n) is 3.08. The number of rotatable bonds is 5. The Labute approximate surface area is 145 Å². The van der Waals surface area contributed by atoms with E-state index < -0.39 is 6.29 Å². The molecule has 132 valence electrons. The van der Waals surface area contributed by atoms with Crippen LogP contribution in [0.4, 0.5) is 0 Å². The van der Waals surface area contributed by atoms with Crippen LogP contribution in [0, 0.1) is 0 Å². The summed E-state index contributed by atoms with van der Waals surface area (Å²) in [7, 11) is 3.25. The number of ether oxygens (including phenoxy) is 4. The van der Waals surface area contributed by atoms with E-state index in [9.17, 15) is 0 Å². The second kappa shape index (κ2) is 6.09. The van der Waals surface area contributed by atoms with E-state index in [-0.39, 0.29) is 6.29 Å². The van der Waals surface area contributed by atoms with Crippen molar-refractivity contribution in [1.29, 1.82) is 0 Å². The maximum Gasteiger partial charge on any atom is 0.230 e. The van der Waals surface area contributed by atoms with Crippen LogP contribution >= 0.6 is 0 Å². The summed E-state index contributed by atoms with van der Waals surface area (Å²) in [6, 6.07) is 5.63. The Hall–Kier alpha value is -2.51. The lowest BCUT2D eigenvalue weighted by Gasteiger charge is -2.33. The first kappa shape index (κ1) is 16.0. The molecule has 1 saturated heterocycles. The van der Waals surface area contributed by atoms with Crippen molar-refractivity contribution in [2.75, 3.05) is 14.2 Å². The van der Waals surface area contributed by atoms with Crippen LogP contribution in [0.1, 0.15) is 31.4 Å². The summed E-state index contributed by atoms with van der Waals surface area (Å²) in [6.45, 7) is 3.90. The molecule has 0 aliphatic carbocycles. The minimum Gasteiger partial charge on any atom is -0.497 e. The van der Waals surface area contributed by atoms with Gasteiger partial charge in [0, 0.05) is 11.6 Å². The predicted molar refractivity (Wildman–Crippen MR) is 89.7 cm³/mol. The Morgan fingerprint density at radius 3 is 2.64 bits per heavy atom. The van der Waals surface area contributed by atoms with E-state index in [1.807, 2.05) is 32.0 Å². The van der Waals surface area contributed by atoms with Crippen LogP contribution in [0.3, 0.4) is 0 Å². The Bertz CT molecular complexity index is 908. The lowest BCUT2D eigenvalue weighted by atomic mass is 10.1. The number of benzene rings is 1. The Morgan fingerprint density at radius 1 is 1.20 bits per heavy atom. The van der Waals surface area contributed by atoms with Crippen molar-refractivity contribution in [1.82, 2.24) is 9.61 Å². The van der Waals surface area contributed by atoms with Crippen molar-refractivity contribution < 1.29 is 23.4 Å². The molecule has 2 aromatic heterocycles. The van der Waals surface area contributed by atoms with Crippen LogP contribution in [0.5, 0.6) is 11.5 Å². The van der Waals surface area contributed by atoms with Crippen LogP contribution in [0.25, 0.3) is 17.0 Å². The molecule has 0 atom stereocenters. The summed E-state index contributed by atoms with van der Waals surface area (Å²) >= 11 is 0. The Balaban J connectivity index is 1.84. The summed E-state index contributed by atoms with van der Waals surface area (Å²) in [5, 5.41) is 4.69. The van der Waals surface area contributed by atoms with Gasteiger partial charge >= 0.3 is 0 Å². The zero-order valence-corrected chi connectivity index (χ0v) is 14.6. The van der Waals surface area contributed by atoms with Gasteiger partial charge in [-0.3, -0.25) is 0 Å². The number of oxazole rings is 1. The van der Waals surface area contributed by atoms with Gasteiger partial charge in [-0.15, -0.1) is 0 Å². The van der Waals surface area contributed by atoms with Crippen molar-refractivity contribution in [3.63, 3.8) is 0 Å². The zero-order valence-electron chi connectivity index (χ0n) is 14.6. The highest BCUT2D eigenvalue weighted by atomic mass is 16.9. The van der Waals surface area contributed by atoms with Gasteiger partial charge in [0.1, 0.15) is 23.5 Å². The van der Waals surface area contributed by atoms with Gasteiger partial charge < -0.3 is 23.4 Å². The van der Waals surface area contributed by atoms with Gasteiger partial charge in [0.05, 0.1) is 25.5 Å². The molecule has 1 aromatic carbocycles. The van der Waals surface area contributed by atoms with E-state index in [4.69, 9.17) is 23.4 Å². The summed E-state index contributed by atoms with van der Waals surface area (Å²) in [5.41, 5.74) is 4.02. The molecule has 7 heteroatoms. The molecular weight excluding hydrogens is 324 g/mol. The van der Waals surface area contributed by atoms with Gasteiger partial charge in [-0.2, -0.15) is 9.61 Å². The normalized spacial score (nSPS) is 19.8. The van der Waals surface area contributed by atoms with E-state index in [2.05, 4.69) is 5.10 Å². The first-order chi connectivity index (χ1) is 12.2. The Kier molecular flexibility index (Phi) is 3.89. The molecule has 0 bridgehead atoms. The fourth-order valence-corrected chi connectivity index (χ4v) is 3.08. The molecule has 0 amide bonds. The predicted octanol–water partition coefficient (Wildman–Crippen LogP) is 3.57. The van der Waals surface area contributed by atoms with Crippen LogP contribution in [0.15, 0.2) is 28.9 Å². The monoisotopic (exact) mass is 344 g/mol. The molecule has 0 saturated carbocycles. The van der Waals surface area contributed by atoms with Crippen molar-refractivity contribution in [2.45, 2.75) is 32.8 Å². The van der Waals surface area contributed by atoms with Crippen molar-refractivity contribution in [3.05, 3.63) is 35.7 Å². The fraction of sp³-hybridized carbons (Fsp3) is 0.389. The van der Waals surface area contributed by atoms with E-state index in [1.165, 1.54) is 0 Å². The summed E-state index contributed by atoms with van der Waals surface area (Å²) in [6.07, 6.45) is 1.78. The van der Waals surface area contributed by atoms with E-state index in [1.54, 1.807) is 25.0 Å². The third-order valence-corrected chi connectivity index (χ3v) is 4.35. The third kappa shape index (κ3) is 2.47. The van der Waals surface area contributed by atoms with E-state index >= 15 is 0 Å². The standard InChI is InChI=1S/C18H20N2O5/c1-5-13-16(18-24-10(2)25-18)17-20(19-13)14(9-23-17)12-7-6-11(21-3)8-15(12)22-4/h6-10,18H,5H2,1-4H3. The van der Waals surface area contributed by atoms with E-state index in [0.717, 1.165) is 34.7 Å². The van der Waals surface area contributed by atoms with Crippen molar-refractivity contribution in [3.8, 4) is 22.8 Å². The summed E-state index contributed by atoms with van der Waals surface area (Å²) in [4.78, 5) is 0. The number of hydrogen-bond donors (Lipinski definition) is 0. The topological polar surface area (TPSA) is 67.4 Å². The molecule has 4 rings (SSSR count). The minimum absolute atomic E-state index is 0.208. The molecule has 7 nitrogen and oxygen atoms in total. The third-order valence-electron chi connectivity index (χ3n) is 4.35. The molecule has 1 fully saturated rings. The highest BCUT2D eigenvalue weighted by Crippen LogP contribution is 2.40. The van der Waals surface area contributed by atoms with Crippen molar-refractivity contribution >= 4 is 5.71 Å². The lowest BCUT2D eigenvalue weighted by Crippen LogP contribution is -2.32. The second-order valence-electron chi connectivity index (χ2n) is 5.79. The van der Waals surface area contributed by atoms with Gasteiger partial charge in [-0.25, -0.2) is 0 Å². The Morgan fingerprint density at radius 2 is 2.00 bits per heavy atom. The van der Waals surface area contributed by atoms with Crippen LogP contribution < -0.4 is 9.47 Å². The zero-order chi connectivity index (χ0) is 17.6.